The van der Waals surface area contributed by atoms with Gasteiger partial charge in [-0.25, -0.2) is 4.79 Å². The molecule has 20 heavy (non-hydrogen) atoms. The van der Waals surface area contributed by atoms with Crippen LogP contribution in [0.5, 0.6) is 0 Å². The predicted molar refractivity (Wildman–Crippen MR) is 73.3 cm³/mol. The zero-order chi connectivity index (χ0) is 14.9. The standard InChI is InChI=1S/C15H19NO4/c1-15(2,3)12(14(18)19)16-13(17)9-4-5-10-7-20-8-11(10)6-9/h4-6,12H,7-8H2,1-3H3,(H,16,17)(H,18,19). The molecule has 5 heteroatoms. The van der Waals surface area contributed by atoms with Crippen molar-refractivity contribution in [2.24, 2.45) is 5.41 Å². The molecule has 1 heterocycles. The van der Waals surface area contributed by atoms with Crippen LogP contribution in [0.1, 0.15) is 42.3 Å². The summed E-state index contributed by atoms with van der Waals surface area (Å²) in [4.78, 5) is 23.5. The van der Waals surface area contributed by atoms with Crippen LogP contribution >= 0.6 is 0 Å². The molecule has 1 aromatic rings. The summed E-state index contributed by atoms with van der Waals surface area (Å²) < 4.78 is 5.30. The molecule has 1 amide bonds. The van der Waals surface area contributed by atoms with Crippen molar-refractivity contribution in [1.29, 1.82) is 0 Å². The summed E-state index contributed by atoms with van der Waals surface area (Å²) in [5.41, 5.74) is 1.97. The highest BCUT2D eigenvalue weighted by Crippen LogP contribution is 2.22. The second-order valence-corrected chi connectivity index (χ2v) is 6.09. The highest BCUT2D eigenvalue weighted by atomic mass is 16.5. The number of carboxylic acid groups (broad SMARTS) is 1. The van der Waals surface area contributed by atoms with E-state index in [0.717, 1.165) is 11.1 Å². The van der Waals surface area contributed by atoms with Crippen molar-refractivity contribution >= 4 is 11.9 Å². The van der Waals surface area contributed by atoms with Gasteiger partial charge in [-0.3, -0.25) is 4.79 Å². The molecular formula is C15H19NO4. The molecule has 1 aliphatic heterocycles. The molecule has 1 unspecified atom stereocenters. The second-order valence-electron chi connectivity index (χ2n) is 6.09. The lowest BCUT2D eigenvalue weighted by molar-refractivity contribution is -0.142. The number of hydrogen-bond donors (Lipinski definition) is 2. The van der Waals surface area contributed by atoms with Gasteiger partial charge in [0.1, 0.15) is 6.04 Å². The van der Waals surface area contributed by atoms with Gasteiger partial charge in [0.15, 0.2) is 0 Å². The van der Waals surface area contributed by atoms with E-state index in [9.17, 15) is 14.7 Å². The molecule has 5 nitrogen and oxygen atoms in total. The molecule has 1 aromatic carbocycles. The molecule has 0 bridgehead atoms. The molecule has 0 saturated carbocycles. The number of carbonyl (C=O) groups excluding carboxylic acids is 1. The Bertz CT molecular complexity index is 545. The fourth-order valence-corrected chi connectivity index (χ4v) is 2.18. The maximum absolute atomic E-state index is 12.2. The summed E-state index contributed by atoms with van der Waals surface area (Å²) in [6.45, 7) is 6.41. The van der Waals surface area contributed by atoms with Crippen LogP contribution in [0.4, 0.5) is 0 Å². The molecule has 2 rings (SSSR count). The van der Waals surface area contributed by atoms with Gasteiger partial charge in [0.25, 0.3) is 5.91 Å². The van der Waals surface area contributed by atoms with Gasteiger partial charge in [0.2, 0.25) is 0 Å². The Hall–Kier alpha value is -1.88. The summed E-state index contributed by atoms with van der Waals surface area (Å²) in [5, 5.41) is 11.8. The van der Waals surface area contributed by atoms with Crippen molar-refractivity contribution in [3.63, 3.8) is 0 Å². The number of carboxylic acids is 1. The van der Waals surface area contributed by atoms with E-state index in [1.807, 2.05) is 6.07 Å². The van der Waals surface area contributed by atoms with E-state index in [4.69, 9.17) is 4.74 Å². The average molecular weight is 277 g/mol. The van der Waals surface area contributed by atoms with Gasteiger partial charge in [0, 0.05) is 5.56 Å². The number of aliphatic carboxylic acids is 1. The summed E-state index contributed by atoms with van der Waals surface area (Å²) in [7, 11) is 0. The Kier molecular flexibility index (Phi) is 3.81. The first-order valence-corrected chi connectivity index (χ1v) is 6.52. The minimum absolute atomic E-state index is 0.373. The maximum Gasteiger partial charge on any atom is 0.326 e. The van der Waals surface area contributed by atoms with Gasteiger partial charge < -0.3 is 15.2 Å². The van der Waals surface area contributed by atoms with Crippen molar-refractivity contribution < 1.29 is 19.4 Å². The van der Waals surface area contributed by atoms with Crippen molar-refractivity contribution in [1.82, 2.24) is 5.32 Å². The lowest BCUT2D eigenvalue weighted by Crippen LogP contribution is -2.49. The van der Waals surface area contributed by atoms with Crippen molar-refractivity contribution in [2.45, 2.75) is 40.0 Å². The van der Waals surface area contributed by atoms with E-state index in [1.165, 1.54) is 0 Å². The predicted octanol–water partition coefficient (Wildman–Crippen LogP) is 1.95. The normalized spacial score (nSPS) is 15.6. The van der Waals surface area contributed by atoms with Crippen LogP contribution in [0, 0.1) is 5.41 Å². The molecule has 0 spiro atoms. The third-order valence-corrected chi connectivity index (χ3v) is 3.37. The second kappa shape index (κ2) is 5.25. The largest absolute Gasteiger partial charge is 0.480 e. The first-order chi connectivity index (χ1) is 9.29. The Morgan fingerprint density at radius 1 is 1.25 bits per heavy atom. The number of ether oxygens (including phenoxy) is 1. The monoisotopic (exact) mass is 277 g/mol. The molecule has 0 aromatic heterocycles. The zero-order valence-corrected chi connectivity index (χ0v) is 11.9. The number of rotatable bonds is 3. The first-order valence-electron chi connectivity index (χ1n) is 6.52. The Balaban J connectivity index is 2.17. The fraction of sp³-hybridized carbons (Fsp3) is 0.467. The van der Waals surface area contributed by atoms with Gasteiger partial charge >= 0.3 is 5.97 Å². The number of nitrogens with one attached hydrogen (secondary N) is 1. The molecule has 1 atom stereocenters. The van der Waals surface area contributed by atoms with Crippen LogP contribution in [-0.2, 0) is 22.7 Å². The molecule has 0 saturated heterocycles. The van der Waals surface area contributed by atoms with E-state index in [0.29, 0.717) is 18.8 Å². The summed E-state index contributed by atoms with van der Waals surface area (Å²) in [6, 6.07) is 4.38. The topological polar surface area (TPSA) is 75.6 Å². The van der Waals surface area contributed by atoms with Crippen LogP contribution in [0.2, 0.25) is 0 Å². The summed E-state index contributed by atoms with van der Waals surface area (Å²) in [5.74, 6) is -1.41. The molecule has 1 aliphatic rings. The Labute approximate surface area is 117 Å². The van der Waals surface area contributed by atoms with E-state index < -0.39 is 17.4 Å². The number of carbonyl (C=O) groups is 2. The van der Waals surface area contributed by atoms with Crippen LogP contribution in [0.25, 0.3) is 0 Å². The molecule has 0 aliphatic carbocycles. The lowest BCUT2D eigenvalue weighted by atomic mass is 9.86. The number of hydrogen-bond acceptors (Lipinski definition) is 3. The first kappa shape index (κ1) is 14.5. The van der Waals surface area contributed by atoms with E-state index >= 15 is 0 Å². The van der Waals surface area contributed by atoms with Gasteiger partial charge in [-0.2, -0.15) is 0 Å². The maximum atomic E-state index is 12.2. The van der Waals surface area contributed by atoms with Crippen molar-refractivity contribution in [2.75, 3.05) is 0 Å². The van der Waals surface area contributed by atoms with Gasteiger partial charge in [-0.15, -0.1) is 0 Å². The van der Waals surface area contributed by atoms with Gasteiger partial charge in [0.05, 0.1) is 13.2 Å². The number of fused-ring (bicyclic) bond motifs is 1. The minimum Gasteiger partial charge on any atom is -0.480 e. The molecule has 0 radical (unpaired) electrons. The van der Waals surface area contributed by atoms with Gasteiger partial charge in [-0.05, 0) is 28.7 Å². The van der Waals surface area contributed by atoms with Crippen LogP contribution in [-0.4, -0.2) is 23.0 Å². The van der Waals surface area contributed by atoms with Crippen LogP contribution in [0.15, 0.2) is 18.2 Å². The molecule has 2 N–H and O–H groups in total. The van der Waals surface area contributed by atoms with Crippen molar-refractivity contribution in [3.8, 4) is 0 Å². The lowest BCUT2D eigenvalue weighted by Gasteiger charge is -2.27. The van der Waals surface area contributed by atoms with Crippen molar-refractivity contribution in [3.05, 3.63) is 34.9 Å². The van der Waals surface area contributed by atoms with Crippen LogP contribution in [0.3, 0.4) is 0 Å². The Morgan fingerprint density at radius 2 is 1.90 bits per heavy atom. The highest BCUT2D eigenvalue weighted by Gasteiger charge is 2.32. The van der Waals surface area contributed by atoms with E-state index in [1.54, 1.807) is 32.9 Å². The molecule has 108 valence electrons. The smallest absolute Gasteiger partial charge is 0.326 e. The third kappa shape index (κ3) is 2.99. The van der Waals surface area contributed by atoms with E-state index in [-0.39, 0.29) is 5.91 Å². The number of amides is 1. The average Bonchev–Trinajstić information content (AvgIpc) is 2.80. The van der Waals surface area contributed by atoms with E-state index in [2.05, 4.69) is 5.32 Å². The zero-order valence-electron chi connectivity index (χ0n) is 11.9. The fourth-order valence-electron chi connectivity index (χ4n) is 2.18. The summed E-state index contributed by atoms with van der Waals surface area (Å²) in [6.07, 6.45) is 0. The highest BCUT2D eigenvalue weighted by molar-refractivity contribution is 5.97. The van der Waals surface area contributed by atoms with Gasteiger partial charge in [-0.1, -0.05) is 26.8 Å². The molecule has 0 fully saturated rings. The number of benzene rings is 1. The third-order valence-electron chi connectivity index (χ3n) is 3.37. The molecular weight excluding hydrogens is 258 g/mol. The minimum atomic E-state index is -1.03. The van der Waals surface area contributed by atoms with Crippen LogP contribution < -0.4 is 5.32 Å². The SMILES string of the molecule is CC(C)(C)C(NC(=O)c1ccc2c(c1)COC2)C(=O)O. The summed E-state index contributed by atoms with van der Waals surface area (Å²) >= 11 is 0. The quantitative estimate of drug-likeness (QED) is 0.885. The Morgan fingerprint density at radius 3 is 2.50 bits per heavy atom.